The zero-order valence-corrected chi connectivity index (χ0v) is 37.7. The second-order valence-electron chi connectivity index (χ2n) is 17.6. The summed E-state index contributed by atoms with van der Waals surface area (Å²) in [6.07, 6.45) is 6.02. The number of nitrogens with one attached hydrogen (secondary N) is 4. The monoisotopic (exact) mass is 911 g/mol. The maximum absolute atomic E-state index is 15.9. The normalized spacial score (nSPS) is 18.5. The van der Waals surface area contributed by atoms with Crippen molar-refractivity contribution in [3.05, 3.63) is 114 Å². The lowest BCUT2D eigenvalue weighted by molar-refractivity contribution is -0.136. The van der Waals surface area contributed by atoms with Crippen LogP contribution in [0.5, 0.6) is 0 Å². The fourth-order valence-electron chi connectivity index (χ4n) is 9.34. The number of aromatic amines is 2. The molecule has 3 aromatic carbocycles. The van der Waals surface area contributed by atoms with E-state index in [1.165, 1.54) is 13.2 Å². The molecule has 4 N–H and O–H groups in total. The second-order valence-corrected chi connectivity index (χ2v) is 17.6. The van der Waals surface area contributed by atoms with E-state index in [0.717, 1.165) is 29.5 Å². The summed E-state index contributed by atoms with van der Waals surface area (Å²) in [5, 5.41) is 6.37. The van der Waals surface area contributed by atoms with Crippen LogP contribution in [0.25, 0.3) is 44.7 Å². The van der Waals surface area contributed by atoms with Crippen LogP contribution in [0.4, 0.5) is 14.0 Å². The molecule has 0 aliphatic carbocycles. The van der Waals surface area contributed by atoms with Crippen molar-refractivity contribution in [2.75, 3.05) is 33.4 Å². The van der Waals surface area contributed by atoms with Gasteiger partial charge < -0.3 is 44.6 Å². The molecule has 3 aliphatic rings. The minimum atomic E-state index is -0.936. The highest BCUT2D eigenvalue weighted by molar-refractivity contribution is 5.89. The fourth-order valence-corrected chi connectivity index (χ4v) is 9.34. The van der Waals surface area contributed by atoms with E-state index in [-0.39, 0.29) is 35.9 Å². The number of aromatic nitrogens is 5. The summed E-state index contributed by atoms with van der Waals surface area (Å²) < 4.78 is 31.8. The van der Waals surface area contributed by atoms with E-state index < -0.39 is 30.1 Å². The molecule has 67 heavy (non-hydrogen) atoms. The van der Waals surface area contributed by atoms with Gasteiger partial charge in [0.2, 0.25) is 5.91 Å². The topological polar surface area (TPSA) is 197 Å². The smallest absolute Gasteiger partial charge is 0.408 e. The molecule has 0 radical (unpaired) electrons. The van der Waals surface area contributed by atoms with Crippen LogP contribution in [0.2, 0.25) is 0 Å². The van der Waals surface area contributed by atoms with Crippen molar-refractivity contribution in [2.24, 2.45) is 5.92 Å². The molecule has 4 atom stereocenters. The van der Waals surface area contributed by atoms with Crippen molar-refractivity contribution in [3.8, 4) is 33.8 Å². The van der Waals surface area contributed by atoms with Gasteiger partial charge in [-0.3, -0.25) is 9.59 Å². The van der Waals surface area contributed by atoms with Crippen molar-refractivity contribution < 1.29 is 37.8 Å². The number of rotatable bonds is 12. The molecule has 0 saturated carbocycles. The number of carbonyl (C=O) groups excluding carboxylic acids is 4. The number of methoxy groups -OCH3 is 1. The SMILES string of the molecule is COC(=O)N[C@H](C(=O)N1CCC[C@H]1c1ncc(-c2ccc(-c3ccc4cc(-c5cnc([C@@H]6CCCN6C(=O)[C@H](NC(=O)OC6CCOCC6)c6ccccc6)[nH]5)ccc4n3)c(F)c2)[nH]1)C(C)C. The number of imidazole rings is 2. The van der Waals surface area contributed by atoms with E-state index in [0.29, 0.717) is 97.2 Å². The van der Waals surface area contributed by atoms with Crippen LogP contribution in [-0.2, 0) is 23.8 Å². The Hall–Kier alpha value is -7.14. The molecular weight excluding hydrogens is 858 g/mol. The third kappa shape index (κ3) is 9.73. The highest BCUT2D eigenvalue weighted by atomic mass is 19.1. The van der Waals surface area contributed by atoms with Crippen molar-refractivity contribution in [3.63, 3.8) is 0 Å². The van der Waals surface area contributed by atoms with Crippen LogP contribution in [0.15, 0.2) is 91.3 Å². The molecule has 6 aromatic rings. The van der Waals surface area contributed by atoms with Crippen LogP contribution in [-0.4, -0.2) is 104 Å². The number of alkyl carbamates (subject to hydrolysis) is 2. The number of ether oxygens (including phenoxy) is 3. The number of nitrogens with zero attached hydrogens (tertiary/aromatic N) is 5. The Morgan fingerprint density at radius 3 is 2.04 bits per heavy atom. The largest absolute Gasteiger partial charge is 0.453 e. The Balaban J connectivity index is 0.875. The molecule has 348 valence electrons. The first-order chi connectivity index (χ1) is 32.5. The summed E-state index contributed by atoms with van der Waals surface area (Å²) in [7, 11) is 1.26. The predicted octanol–water partition coefficient (Wildman–Crippen LogP) is 8.18. The maximum atomic E-state index is 15.9. The number of benzene rings is 3. The number of hydrogen-bond donors (Lipinski definition) is 4. The van der Waals surface area contributed by atoms with E-state index in [1.807, 2.05) is 74.5 Å². The number of halogens is 1. The third-order valence-corrected chi connectivity index (χ3v) is 12.9. The van der Waals surface area contributed by atoms with Crippen LogP contribution in [0, 0.1) is 11.7 Å². The van der Waals surface area contributed by atoms with Crippen molar-refractivity contribution in [2.45, 2.75) is 82.6 Å². The Morgan fingerprint density at radius 2 is 1.40 bits per heavy atom. The Morgan fingerprint density at radius 1 is 0.761 bits per heavy atom. The quantitative estimate of drug-likeness (QED) is 0.0930. The molecule has 3 aromatic heterocycles. The number of H-pyrrole nitrogens is 2. The molecule has 0 unspecified atom stereocenters. The van der Waals surface area contributed by atoms with Crippen LogP contribution >= 0.6 is 0 Å². The fraction of sp³-hybridized carbons (Fsp3) is 0.380. The van der Waals surface area contributed by atoms with E-state index in [9.17, 15) is 19.2 Å². The second kappa shape index (κ2) is 19.8. The molecule has 9 rings (SSSR count). The molecule has 3 saturated heterocycles. The predicted molar refractivity (Wildman–Crippen MR) is 246 cm³/mol. The third-order valence-electron chi connectivity index (χ3n) is 12.9. The van der Waals surface area contributed by atoms with Gasteiger partial charge >= 0.3 is 12.2 Å². The Bertz CT molecular complexity index is 2750. The minimum absolute atomic E-state index is 0.158. The Labute approximate surface area is 387 Å². The van der Waals surface area contributed by atoms with E-state index >= 15 is 4.39 Å². The van der Waals surface area contributed by atoms with Crippen LogP contribution < -0.4 is 10.6 Å². The van der Waals surface area contributed by atoms with Gasteiger partial charge in [-0.2, -0.15) is 0 Å². The molecule has 3 fully saturated rings. The van der Waals surface area contributed by atoms with Gasteiger partial charge in [0.15, 0.2) is 0 Å². The van der Waals surface area contributed by atoms with Crippen LogP contribution in [0.3, 0.4) is 0 Å². The average molecular weight is 912 g/mol. The first-order valence-electron chi connectivity index (χ1n) is 22.9. The van der Waals surface area contributed by atoms with Gasteiger partial charge in [-0.05, 0) is 67.5 Å². The number of amides is 4. The maximum Gasteiger partial charge on any atom is 0.408 e. The number of hydrogen-bond acceptors (Lipinski definition) is 10. The first kappa shape index (κ1) is 45.0. The molecule has 0 bridgehead atoms. The molecular formula is C50H54FN9O7. The van der Waals surface area contributed by atoms with Crippen LogP contribution in [0.1, 0.15) is 87.7 Å². The van der Waals surface area contributed by atoms with Gasteiger partial charge in [0.1, 0.15) is 35.7 Å². The molecule has 0 spiro atoms. The molecule has 4 amide bonds. The summed E-state index contributed by atoms with van der Waals surface area (Å²) in [6, 6.07) is 21.3. The van der Waals surface area contributed by atoms with E-state index in [2.05, 4.69) is 25.6 Å². The highest BCUT2D eigenvalue weighted by Gasteiger charge is 2.39. The molecule has 17 heteroatoms. The van der Waals surface area contributed by atoms with Crippen molar-refractivity contribution in [1.82, 2.24) is 45.4 Å². The summed E-state index contributed by atoms with van der Waals surface area (Å²) in [5.74, 6) is 0.191. The first-order valence-corrected chi connectivity index (χ1v) is 22.9. The van der Waals surface area contributed by atoms with Gasteiger partial charge in [0.05, 0.1) is 67.4 Å². The number of carbonyl (C=O) groups is 4. The highest BCUT2D eigenvalue weighted by Crippen LogP contribution is 2.36. The molecule has 16 nitrogen and oxygen atoms in total. The zero-order valence-electron chi connectivity index (χ0n) is 37.7. The van der Waals surface area contributed by atoms with Gasteiger partial charge in [-0.25, -0.2) is 28.9 Å². The van der Waals surface area contributed by atoms with Gasteiger partial charge in [0.25, 0.3) is 5.91 Å². The van der Waals surface area contributed by atoms with E-state index in [4.69, 9.17) is 24.2 Å². The summed E-state index contributed by atoms with van der Waals surface area (Å²) in [5.41, 5.74) is 5.00. The number of likely N-dealkylation sites (tertiary alicyclic amines) is 2. The zero-order chi connectivity index (χ0) is 46.6. The average Bonchev–Trinajstić information content (AvgIpc) is 4.20. The number of pyridine rings is 1. The van der Waals surface area contributed by atoms with Gasteiger partial charge in [-0.15, -0.1) is 0 Å². The van der Waals surface area contributed by atoms with E-state index in [1.54, 1.807) is 34.3 Å². The molecule has 3 aliphatic heterocycles. The lowest BCUT2D eigenvalue weighted by Gasteiger charge is -2.30. The molecule has 6 heterocycles. The lowest BCUT2D eigenvalue weighted by atomic mass is 10.0. The standard InChI is InChI=1S/C50H54FN9O7/c1-29(2)43(57-49(63)65-3)47(61)59-21-7-11-41(59)45-53-28-40(56-45)33-13-16-35(36(51)26-33)38-18-15-31-25-32(14-17-37(31)54-38)39-27-52-46(55-39)42-12-8-22-60(42)48(62)44(30-9-5-4-6-10-30)58-50(64)67-34-19-23-66-24-20-34/h4-6,9-10,13-18,25-29,34,41-44H,7-8,11-12,19-24H2,1-3H3,(H,52,55)(H,53,56)(H,57,63)(H,58,64)/t41-,42-,43-,44+/m0/s1. The van der Waals surface area contributed by atoms with Crippen molar-refractivity contribution in [1.29, 1.82) is 0 Å². The van der Waals surface area contributed by atoms with Crippen molar-refractivity contribution >= 4 is 34.9 Å². The minimum Gasteiger partial charge on any atom is -0.453 e. The summed E-state index contributed by atoms with van der Waals surface area (Å²) in [6.45, 7) is 5.82. The van der Waals surface area contributed by atoms with Gasteiger partial charge in [0, 0.05) is 48.0 Å². The summed E-state index contributed by atoms with van der Waals surface area (Å²) >= 11 is 0. The lowest BCUT2D eigenvalue weighted by Crippen LogP contribution is -2.51. The summed E-state index contributed by atoms with van der Waals surface area (Å²) in [4.78, 5) is 77.4. The Kier molecular flexibility index (Phi) is 13.3. The van der Waals surface area contributed by atoms with Gasteiger partial charge in [-0.1, -0.05) is 62.4 Å². The number of fused-ring (bicyclic) bond motifs is 1.